The van der Waals surface area contributed by atoms with Crippen molar-refractivity contribution in [3.8, 4) is 5.75 Å². The Bertz CT molecular complexity index is 632. The third-order valence-electron chi connectivity index (χ3n) is 3.72. The predicted octanol–water partition coefficient (Wildman–Crippen LogP) is 4.24. The van der Waals surface area contributed by atoms with Crippen LogP contribution in [0.15, 0.2) is 47.4 Å². The minimum Gasteiger partial charge on any atom is -0.496 e. The molecule has 2 aromatic rings. The second-order valence-corrected chi connectivity index (χ2v) is 6.37. The van der Waals surface area contributed by atoms with Gasteiger partial charge in [-0.1, -0.05) is 29.8 Å². The highest BCUT2D eigenvalue weighted by Gasteiger charge is 2.30. The van der Waals surface area contributed by atoms with Crippen molar-refractivity contribution in [2.45, 2.75) is 16.9 Å². The molecule has 1 heterocycles. The second-order valence-electron chi connectivity index (χ2n) is 4.87. The minimum absolute atomic E-state index is 0.111. The van der Waals surface area contributed by atoms with Crippen LogP contribution in [-0.4, -0.2) is 12.9 Å². The van der Waals surface area contributed by atoms with Crippen LogP contribution in [0.2, 0.25) is 5.02 Å². The van der Waals surface area contributed by atoms with Gasteiger partial charge in [0.2, 0.25) is 0 Å². The Morgan fingerprint density at radius 1 is 1.30 bits per heavy atom. The van der Waals surface area contributed by atoms with Crippen molar-refractivity contribution in [1.82, 2.24) is 0 Å². The monoisotopic (exact) mass is 305 g/mol. The first-order chi connectivity index (χ1) is 9.70. The molecule has 0 saturated carbocycles. The Morgan fingerprint density at radius 2 is 2.10 bits per heavy atom. The van der Waals surface area contributed by atoms with Crippen molar-refractivity contribution in [1.29, 1.82) is 0 Å². The van der Waals surface area contributed by atoms with Gasteiger partial charge in [-0.3, -0.25) is 0 Å². The largest absolute Gasteiger partial charge is 0.496 e. The zero-order chi connectivity index (χ0) is 14.1. The van der Waals surface area contributed by atoms with E-state index in [4.69, 9.17) is 22.1 Å². The molecular formula is C16H16ClNOS. The van der Waals surface area contributed by atoms with Crippen molar-refractivity contribution < 1.29 is 4.74 Å². The average molecular weight is 306 g/mol. The Balaban J connectivity index is 1.98. The molecule has 0 bridgehead atoms. The van der Waals surface area contributed by atoms with Crippen LogP contribution in [0.25, 0.3) is 0 Å². The van der Waals surface area contributed by atoms with Gasteiger partial charge in [-0.15, -0.1) is 11.8 Å². The quantitative estimate of drug-likeness (QED) is 0.921. The lowest BCUT2D eigenvalue weighted by Crippen LogP contribution is -2.20. The fourth-order valence-corrected chi connectivity index (χ4v) is 4.15. The van der Waals surface area contributed by atoms with Crippen LogP contribution in [0.5, 0.6) is 5.75 Å². The zero-order valence-electron chi connectivity index (χ0n) is 11.2. The molecule has 104 valence electrons. The van der Waals surface area contributed by atoms with E-state index in [1.54, 1.807) is 7.11 Å². The molecule has 0 saturated heterocycles. The molecule has 2 aromatic carbocycles. The molecule has 2 unspecified atom stereocenters. The molecule has 0 spiro atoms. The highest BCUT2D eigenvalue weighted by molar-refractivity contribution is 7.99. The van der Waals surface area contributed by atoms with Crippen LogP contribution in [0.4, 0.5) is 0 Å². The fraction of sp³-hybridized carbons (Fsp3) is 0.250. The van der Waals surface area contributed by atoms with Gasteiger partial charge in [0.05, 0.1) is 7.11 Å². The summed E-state index contributed by atoms with van der Waals surface area (Å²) in [5, 5.41) is 0.690. The van der Waals surface area contributed by atoms with Crippen molar-refractivity contribution in [3.63, 3.8) is 0 Å². The number of fused-ring (bicyclic) bond motifs is 1. The molecule has 4 heteroatoms. The summed E-state index contributed by atoms with van der Waals surface area (Å²) in [7, 11) is 1.66. The molecule has 2 atom stereocenters. The van der Waals surface area contributed by atoms with E-state index >= 15 is 0 Å². The molecule has 0 aromatic heterocycles. The van der Waals surface area contributed by atoms with E-state index < -0.39 is 0 Å². The topological polar surface area (TPSA) is 35.2 Å². The van der Waals surface area contributed by atoms with E-state index in [0.717, 1.165) is 17.1 Å². The Morgan fingerprint density at radius 3 is 2.90 bits per heavy atom. The van der Waals surface area contributed by atoms with E-state index in [2.05, 4.69) is 24.3 Å². The number of methoxy groups -OCH3 is 1. The number of hydrogen-bond donors (Lipinski definition) is 1. The van der Waals surface area contributed by atoms with Crippen LogP contribution >= 0.6 is 23.4 Å². The zero-order valence-corrected chi connectivity index (χ0v) is 12.7. The van der Waals surface area contributed by atoms with E-state index in [1.807, 2.05) is 30.0 Å². The van der Waals surface area contributed by atoms with Crippen LogP contribution in [0, 0.1) is 0 Å². The maximum absolute atomic E-state index is 6.51. The third-order valence-corrected chi connectivity index (χ3v) is 5.16. The summed E-state index contributed by atoms with van der Waals surface area (Å²) in [5.41, 5.74) is 8.81. The van der Waals surface area contributed by atoms with Crippen LogP contribution < -0.4 is 10.5 Å². The SMILES string of the molecule is COc1ccc(Cl)cc1C(N)C1CSc2ccccc21. The lowest BCUT2D eigenvalue weighted by Gasteiger charge is -2.22. The molecular weight excluding hydrogens is 290 g/mol. The molecule has 1 aliphatic rings. The summed E-state index contributed by atoms with van der Waals surface area (Å²) in [6.45, 7) is 0. The van der Waals surface area contributed by atoms with Gasteiger partial charge < -0.3 is 10.5 Å². The van der Waals surface area contributed by atoms with Gasteiger partial charge in [-0.2, -0.15) is 0 Å². The molecule has 0 radical (unpaired) electrons. The third kappa shape index (κ3) is 2.41. The maximum Gasteiger partial charge on any atom is 0.123 e. The number of thioether (sulfide) groups is 1. The smallest absolute Gasteiger partial charge is 0.123 e. The van der Waals surface area contributed by atoms with Gasteiger partial charge in [0.15, 0.2) is 0 Å². The number of rotatable bonds is 3. The molecule has 2 N–H and O–H groups in total. The van der Waals surface area contributed by atoms with Gasteiger partial charge in [-0.05, 0) is 29.8 Å². The van der Waals surface area contributed by atoms with Crippen LogP contribution in [-0.2, 0) is 0 Å². The second kappa shape index (κ2) is 5.68. The lowest BCUT2D eigenvalue weighted by molar-refractivity contribution is 0.402. The van der Waals surface area contributed by atoms with E-state index in [-0.39, 0.29) is 6.04 Å². The summed E-state index contributed by atoms with van der Waals surface area (Å²) in [6, 6.07) is 14.0. The average Bonchev–Trinajstić information content (AvgIpc) is 2.90. The van der Waals surface area contributed by atoms with Crippen molar-refractivity contribution in [2.24, 2.45) is 5.73 Å². The molecule has 3 rings (SSSR count). The van der Waals surface area contributed by atoms with Gasteiger partial charge >= 0.3 is 0 Å². The number of hydrogen-bond acceptors (Lipinski definition) is 3. The Hall–Kier alpha value is -1.16. The van der Waals surface area contributed by atoms with Crippen molar-refractivity contribution in [3.05, 3.63) is 58.6 Å². The molecule has 2 nitrogen and oxygen atoms in total. The van der Waals surface area contributed by atoms with Crippen LogP contribution in [0.3, 0.4) is 0 Å². The van der Waals surface area contributed by atoms with Crippen molar-refractivity contribution in [2.75, 3.05) is 12.9 Å². The summed E-state index contributed by atoms with van der Waals surface area (Å²) >= 11 is 7.97. The Labute approximate surface area is 128 Å². The van der Waals surface area contributed by atoms with E-state index in [0.29, 0.717) is 10.9 Å². The molecule has 20 heavy (non-hydrogen) atoms. The standard InChI is InChI=1S/C16H16ClNOS/c1-19-14-7-6-10(17)8-12(14)16(18)13-9-20-15-5-3-2-4-11(13)15/h2-8,13,16H,9,18H2,1H3. The predicted molar refractivity (Wildman–Crippen MR) is 84.8 cm³/mol. The lowest BCUT2D eigenvalue weighted by atomic mass is 9.89. The summed E-state index contributed by atoms with van der Waals surface area (Å²) in [6.07, 6.45) is 0. The fourth-order valence-electron chi connectivity index (χ4n) is 2.67. The van der Waals surface area contributed by atoms with Crippen molar-refractivity contribution >= 4 is 23.4 Å². The molecule has 0 amide bonds. The molecule has 1 aliphatic heterocycles. The first-order valence-corrected chi connectivity index (χ1v) is 7.88. The summed E-state index contributed by atoms with van der Waals surface area (Å²) < 4.78 is 5.42. The molecule has 0 aliphatic carbocycles. The maximum atomic E-state index is 6.51. The van der Waals surface area contributed by atoms with Gasteiger partial charge in [-0.25, -0.2) is 0 Å². The number of nitrogens with two attached hydrogens (primary N) is 1. The highest BCUT2D eigenvalue weighted by Crippen LogP contribution is 2.46. The molecule has 0 fully saturated rings. The van der Waals surface area contributed by atoms with Gasteiger partial charge in [0.25, 0.3) is 0 Å². The van der Waals surface area contributed by atoms with Gasteiger partial charge in [0, 0.05) is 33.2 Å². The van der Waals surface area contributed by atoms with Crippen LogP contribution in [0.1, 0.15) is 23.1 Å². The minimum atomic E-state index is -0.111. The normalized spacial score (nSPS) is 18.6. The summed E-state index contributed by atoms with van der Waals surface area (Å²) in [5.74, 6) is 2.09. The van der Waals surface area contributed by atoms with Gasteiger partial charge in [0.1, 0.15) is 5.75 Å². The first-order valence-electron chi connectivity index (χ1n) is 6.51. The Kier molecular flexibility index (Phi) is 3.92. The highest BCUT2D eigenvalue weighted by atomic mass is 35.5. The first kappa shape index (κ1) is 13.8. The number of halogens is 1. The number of benzene rings is 2. The number of ether oxygens (including phenoxy) is 1. The van der Waals surface area contributed by atoms with E-state index in [9.17, 15) is 0 Å². The van der Waals surface area contributed by atoms with E-state index in [1.165, 1.54) is 10.5 Å². The summed E-state index contributed by atoms with van der Waals surface area (Å²) in [4.78, 5) is 1.33.